The maximum atomic E-state index is 12.2. The maximum Gasteiger partial charge on any atom is 0.308 e. The minimum Gasteiger partial charge on any atom is -0.493 e. The van der Waals surface area contributed by atoms with E-state index in [9.17, 15) is 9.59 Å². The van der Waals surface area contributed by atoms with Crippen LogP contribution >= 0.6 is 15.9 Å². The Morgan fingerprint density at radius 1 is 1.41 bits per heavy atom. The van der Waals surface area contributed by atoms with Gasteiger partial charge in [-0.25, -0.2) is 0 Å². The number of benzene rings is 1. The molecule has 1 aliphatic heterocycles. The normalized spacial score (nSPS) is 21.5. The van der Waals surface area contributed by atoms with Crippen LogP contribution < -0.4 is 4.74 Å². The van der Waals surface area contributed by atoms with Gasteiger partial charge in [-0.2, -0.15) is 0 Å². The summed E-state index contributed by atoms with van der Waals surface area (Å²) in [7, 11) is 0. The van der Waals surface area contributed by atoms with Gasteiger partial charge < -0.3 is 14.7 Å². The highest BCUT2D eigenvalue weighted by molar-refractivity contribution is 9.10. The molecule has 22 heavy (non-hydrogen) atoms. The first-order valence-corrected chi connectivity index (χ1v) is 8.14. The van der Waals surface area contributed by atoms with Crippen molar-refractivity contribution in [2.75, 3.05) is 19.7 Å². The lowest BCUT2D eigenvalue weighted by Gasteiger charge is -2.34. The predicted molar refractivity (Wildman–Crippen MR) is 85.7 cm³/mol. The number of aliphatic carboxylic acids is 1. The molecule has 1 fully saturated rings. The molecule has 0 bridgehead atoms. The van der Waals surface area contributed by atoms with Gasteiger partial charge in [-0.1, -0.05) is 28.9 Å². The smallest absolute Gasteiger partial charge is 0.308 e. The van der Waals surface area contributed by atoms with Gasteiger partial charge in [0.1, 0.15) is 5.75 Å². The van der Waals surface area contributed by atoms with Gasteiger partial charge in [-0.15, -0.1) is 0 Å². The van der Waals surface area contributed by atoms with Gasteiger partial charge in [-0.05, 0) is 30.5 Å². The van der Waals surface area contributed by atoms with Crippen LogP contribution in [0.15, 0.2) is 28.7 Å². The van der Waals surface area contributed by atoms with E-state index in [0.717, 1.165) is 4.47 Å². The van der Waals surface area contributed by atoms with Crippen LogP contribution in [0.2, 0.25) is 0 Å². The number of carboxylic acid groups (broad SMARTS) is 1. The molecule has 1 N–H and O–H groups in total. The Kier molecular flexibility index (Phi) is 5.83. The van der Waals surface area contributed by atoms with Crippen molar-refractivity contribution in [1.29, 1.82) is 0 Å². The van der Waals surface area contributed by atoms with E-state index >= 15 is 0 Å². The molecular formula is C16H20BrNO4. The number of carbonyl (C=O) groups is 2. The highest BCUT2D eigenvalue weighted by Gasteiger charge is 2.31. The van der Waals surface area contributed by atoms with Crippen molar-refractivity contribution >= 4 is 27.8 Å². The van der Waals surface area contributed by atoms with Crippen LogP contribution in [-0.2, 0) is 9.59 Å². The highest BCUT2D eigenvalue weighted by Crippen LogP contribution is 2.22. The molecule has 6 heteroatoms. The zero-order valence-corrected chi connectivity index (χ0v) is 14.1. The fraction of sp³-hybridized carbons (Fsp3) is 0.500. The molecule has 2 rings (SSSR count). The molecule has 1 heterocycles. The van der Waals surface area contributed by atoms with Gasteiger partial charge in [0.2, 0.25) is 5.91 Å². The number of rotatable bonds is 5. The minimum atomic E-state index is -0.824. The predicted octanol–water partition coefficient (Wildman–Crippen LogP) is 2.79. The fourth-order valence-corrected chi connectivity index (χ4v) is 3.08. The van der Waals surface area contributed by atoms with Gasteiger partial charge in [0.15, 0.2) is 0 Å². The average Bonchev–Trinajstić information content (AvgIpc) is 2.46. The largest absolute Gasteiger partial charge is 0.493 e. The molecular weight excluding hydrogens is 350 g/mol. The summed E-state index contributed by atoms with van der Waals surface area (Å²) in [6.07, 6.45) is 0.888. The van der Waals surface area contributed by atoms with Crippen LogP contribution in [0.4, 0.5) is 0 Å². The molecule has 0 aliphatic carbocycles. The topological polar surface area (TPSA) is 66.8 Å². The SMILES string of the molecule is CC1CC(C(=O)O)CN(C(=O)CCOc2cccc(Br)c2)C1. The Morgan fingerprint density at radius 3 is 2.86 bits per heavy atom. The quantitative estimate of drug-likeness (QED) is 0.866. The summed E-state index contributed by atoms with van der Waals surface area (Å²) in [6.45, 7) is 3.19. The van der Waals surface area contributed by atoms with Crippen molar-refractivity contribution in [3.8, 4) is 5.75 Å². The Hall–Kier alpha value is -1.56. The first kappa shape index (κ1) is 16.8. The average molecular weight is 370 g/mol. The van der Waals surface area contributed by atoms with Crippen LogP contribution in [0.25, 0.3) is 0 Å². The molecule has 1 aliphatic rings. The summed E-state index contributed by atoms with van der Waals surface area (Å²) in [4.78, 5) is 25.0. The molecule has 0 radical (unpaired) electrons. The first-order valence-electron chi connectivity index (χ1n) is 7.34. The number of carboxylic acids is 1. The van der Waals surface area contributed by atoms with Crippen molar-refractivity contribution in [3.63, 3.8) is 0 Å². The maximum absolute atomic E-state index is 12.2. The van der Waals surface area contributed by atoms with Gasteiger partial charge >= 0.3 is 5.97 Å². The highest BCUT2D eigenvalue weighted by atomic mass is 79.9. The van der Waals surface area contributed by atoms with Gasteiger partial charge in [0, 0.05) is 17.6 Å². The van der Waals surface area contributed by atoms with Crippen molar-refractivity contribution in [2.24, 2.45) is 11.8 Å². The van der Waals surface area contributed by atoms with E-state index in [4.69, 9.17) is 9.84 Å². The molecule has 0 aromatic heterocycles. The standard InChI is InChI=1S/C16H20BrNO4/c1-11-7-12(16(20)21)10-18(9-11)15(19)5-6-22-14-4-2-3-13(17)8-14/h2-4,8,11-12H,5-7,9-10H2,1H3,(H,20,21). The van der Waals surface area contributed by atoms with Crippen LogP contribution in [0.3, 0.4) is 0 Å². The zero-order valence-electron chi connectivity index (χ0n) is 12.5. The molecule has 1 amide bonds. The molecule has 1 aromatic carbocycles. The number of piperidine rings is 1. The summed E-state index contributed by atoms with van der Waals surface area (Å²) in [5.74, 6) is -0.413. The summed E-state index contributed by atoms with van der Waals surface area (Å²) in [6, 6.07) is 7.44. The van der Waals surface area contributed by atoms with Crippen LogP contribution in [0, 0.1) is 11.8 Å². The molecule has 120 valence electrons. The Labute approximate surface area is 138 Å². The van der Waals surface area contributed by atoms with E-state index in [1.165, 1.54) is 0 Å². The summed E-state index contributed by atoms with van der Waals surface area (Å²) < 4.78 is 6.48. The van der Waals surface area contributed by atoms with Crippen molar-refractivity contribution in [2.45, 2.75) is 19.8 Å². The van der Waals surface area contributed by atoms with Crippen LogP contribution in [0.5, 0.6) is 5.75 Å². The van der Waals surface area contributed by atoms with E-state index in [2.05, 4.69) is 15.9 Å². The van der Waals surface area contributed by atoms with Crippen LogP contribution in [-0.4, -0.2) is 41.6 Å². The summed E-state index contributed by atoms with van der Waals surface area (Å²) in [5.41, 5.74) is 0. The molecule has 5 nitrogen and oxygen atoms in total. The second-order valence-electron chi connectivity index (χ2n) is 5.73. The number of halogens is 1. The Balaban J connectivity index is 1.82. The van der Waals surface area contributed by atoms with Crippen LogP contribution in [0.1, 0.15) is 19.8 Å². The van der Waals surface area contributed by atoms with E-state index in [1.54, 1.807) is 4.90 Å². The fourth-order valence-electron chi connectivity index (χ4n) is 2.71. The van der Waals surface area contributed by atoms with Gasteiger partial charge in [0.25, 0.3) is 0 Å². The second kappa shape index (κ2) is 7.63. The lowest BCUT2D eigenvalue weighted by molar-refractivity contribution is -0.147. The van der Waals surface area contributed by atoms with E-state index in [0.29, 0.717) is 25.3 Å². The van der Waals surface area contributed by atoms with Crippen molar-refractivity contribution in [3.05, 3.63) is 28.7 Å². The lowest BCUT2D eigenvalue weighted by Crippen LogP contribution is -2.45. The molecule has 0 saturated carbocycles. The number of hydrogen-bond acceptors (Lipinski definition) is 3. The zero-order chi connectivity index (χ0) is 16.1. The lowest BCUT2D eigenvalue weighted by atomic mass is 9.90. The monoisotopic (exact) mass is 369 g/mol. The molecule has 1 aromatic rings. The van der Waals surface area contributed by atoms with E-state index < -0.39 is 11.9 Å². The number of amides is 1. The number of hydrogen-bond donors (Lipinski definition) is 1. The van der Waals surface area contributed by atoms with Gasteiger partial charge in [-0.3, -0.25) is 9.59 Å². The number of ether oxygens (including phenoxy) is 1. The third-order valence-corrected chi connectivity index (χ3v) is 4.24. The van der Waals surface area contributed by atoms with E-state index in [-0.39, 0.29) is 24.9 Å². The molecule has 2 atom stereocenters. The molecule has 1 saturated heterocycles. The Bertz CT molecular complexity index is 549. The molecule has 2 unspecified atom stereocenters. The molecule has 0 spiro atoms. The number of carbonyl (C=O) groups excluding carboxylic acids is 1. The third-order valence-electron chi connectivity index (χ3n) is 3.74. The first-order chi connectivity index (χ1) is 10.5. The number of likely N-dealkylation sites (tertiary alicyclic amines) is 1. The minimum absolute atomic E-state index is 0.0483. The Morgan fingerprint density at radius 2 is 2.18 bits per heavy atom. The van der Waals surface area contributed by atoms with Crippen molar-refractivity contribution < 1.29 is 19.4 Å². The summed E-state index contributed by atoms with van der Waals surface area (Å²) in [5, 5.41) is 9.14. The van der Waals surface area contributed by atoms with E-state index in [1.807, 2.05) is 31.2 Å². The summed E-state index contributed by atoms with van der Waals surface area (Å²) >= 11 is 3.36. The van der Waals surface area contributed by atoms with Gasteiger partial charge in [0.05, 0.1) is 18.9 Å². The number of nitrogens with zero attached hydrogens (tertiary/aromatic N) is 1. The third kappa shape index (κ3) is 4.73. The second-order valence-corrected chi connectivity index (χ2v) is 6.65. The van der Waals surface area contributed by atoms with Crippen molar-refractivity contribution in [1.82, 2.24) is 4.90 Å².